The summed E-state index contributed by atoms with van der Waals surface area (Å²) in [4.78, 5) is 11.3. The molecular weight excluding hydrogens is 298 g/mol. The third-order valence-electron chi connectivity index (χ3n) is 4.46. The molecule has 0 aromatic heterocycles. The van der Waals surface area contributed by atoms with Gasteiger partial charge in [-0.1, -0.05) is 71.1 Å². The molecule has 1 rings (SSSR count). The normalized spacial score (nSPS) is 10.8. The summed E-state index contributed by atoms with van der Waals surface area (Å²) in [6.07, 6.45) is 14.9. The maximum atomic E-state index is 11.3. The van der Waals surface area contributed by atoms with E-state index in [1.54, 1.807) is 12.1 Å². The summed E-state index contributed by atoms with van der Waals surface area (Å²) in [6, 6.07) is 7.34. The molecule has 0 aliphatic heterocycles. The molecule has 0 heterocycles. The predicted molar refractivity (Wildman–Crippen MR) is 103 cm³/mol. The van der Waals surface area contributed by atoms with Gasteiger partial charge in [-0.3, -0.25) is 4.79 Å². The van der Waals surface area contributed by atoms with Gasteiger partial charge in [0.1, 0.15) is 6.61 Å². The lowest BCUT2D eigenvalue weighted by molar-refractivity contribution is 0.0904. The first kappa shape index (κ1) is 20.7. The summed E-state index contributed by atoms with van der Waals surface area (Å²) < 4.78 is 0. The van der Waals surface area contributed by atoms with Crippen molar-refractivity contribution >= 4 is 11.5 Å². The first-order valence-electron chi connectivity index (χ1n) is 9.76. The Morgan fingerprint density at radius 1 is 0.833 bits per heavy atom. The number of benzene rings is 1. The van der Waals surface area contributed by atoms with Crippen LogP contribution in [0.15, 0.2) is 24.3 Å². The number of unbranched alkanes of at least 4 members (excludes halogenated alkanes) is 10. The van der Waals surface area contributed by atoms with Crippen LogP contribution in [0.3, 0.4) is 0 Å². The number of hydrogen-bond acceptors (Lipinski definition) is 3. The SMILES string of the molecule is CCCCCCCCCCCCCNc1ccc(C(=O)CO)cc1. The van der Waals surface area contributed by atoms with E-state index >= 15 is 0 Å². The Bertz CT molecular complexity index is 428. The molecule has 0 aliphatic carbocycles. The Morgan fingerprint density at radius 2 is 1.33 bits per heavy atom. The Hall–Kier alpha value is -1.35. The molecule has 1 aromatic carbocycles. The fourth-order valence-electron chi connectivity index (χ4n) is 2.89. The van der Waals surface area contributed by atoms with Crippen molar-refractivity contribution in [2.24, 2.45) is 0 Å². The Kier molecular flexibility index (Phi) is 12.1. The molecule has 24 heavy (non-hydrogen) atoms. The summed E-state index contributed by atoms with van der Waals surface area (Å²) in [5, 5.41) is 12.2. The van der Waals surface area contributed by atoms with Gasteiger partial charge < -0.3 is 10.4 Å². The van der Waals surface area contributed by atoms with Gasteiger partial charge in [-0.15, -0.1) is 0 Å². The van der Waals surface area contributed by atoms with Gasteiger partial charge in [0.05, 0.1) is 0 Å². The van der Waals surface area contributed by atoms with Crippen molar-refractivity contribution in [1.82, 2.24) is 0 Å². The minimum Gasteiger partial charge on any atom is -0.388 e. The summed E-state index contributed by atoms with van der Waals surface area (Å²) in [5.41, 5.74) is 1.61. The van der Waals surface area contributed by atoms with E-state index < -0.39 is 6.61 Å². The number of carbonyl (C=O) groups excluding carboxylic acids is 1. The molecule has 3 heteroatoms. The number of anilines is 1. The van der Waals surface area contributed by atoms with Crippen molar-refractivity contribution in [3.8, 4) is 0 Å². The number of aliphatic hydroxyl groups excluding tert-OH is 1. The summed E-state index contributed by atoms with van der Waals surface area (Å²) >= 11 is 0. The molecule has 0 amide bonds. The monoisotopic (exact) mass is 333 g/mol. The van der Waals surface area contributed by atoms with Crippen molar-refractivity contribution in [2.45, 2.75) is 77.6 Å². The van der Waals surface area contributed by atoms with E-state index in [0.29, 0.717) is 5.56 Å². The van der Waals surface area contributed by atoms with Crippen LogP contribution in [0.5, 0.6) is 0 Å². The van der Waals surface area contributed by atoms with Crippen LogP contribution in [0.1, 0.15) is 87.9 Å². The highest BCUT2D eigenvalue weighted by atomic mass is 16.3. The van der Waals surface area contributed by atoms with Crippen LogP contribution in [0.25, 0.3) is 0 Å². The second-order valence-corrected chi connectivity index (χ2v) is 6.62. The quantitative estimate of drug-likeness (QED) is 0.325. The molecule has 0 radical (unpaired) electrons. The van der Waals surface area contributed by atoms with E-state index in [9.17, 15) is 4.79 Å². The average Bonchev–Trinajstić information content (AvgIpc) is 2.62. The maximum absolute atomic E-state index is 11.3. The van der Waals surface area contributed by atoms with Crippen LogP contribution in [-0.4, -0.2) is 24.0 Å². The topological polar surface area (TPSA) is 49.3 Å². The van der Waals surface area contributed by atoms with Gasteiger partial charge in [0.25, 0.3) is 0 Å². The Morgan fingerprint density at radius 3 is 1.83 bits per heavy atom. The van der Waals surface area contributed by atoms with E-state index in [4.69, 9.17) is 5.11 Å². The molecule has 0 saturated carbocycles. The Labute approximate surface area is 147 Å². The molecule has 1 aromatic rings. The van der Waals surface area contributed by atoms with Crippen molar-refractivity contribution < 1.29 is 9.90 Å². The molecule has 0 aliphatic rings. The van der Waals surface area contributed by atoms with Gasteiger partial charge >= 0.3 is 0 Å². The van der Waals surface area contributed by atoms with Crippen LogP contribution in [-0.2, 0) is 0 Å². The molecule has 0 saturated heterocycles. The Balaban J connectivity index is 1.94. The summed E-state index contributed by atoms with van der Waals surface area (Å²) in [5.74, 6) is -0.230. The van der Waals surface area contributed by atoms with E-state index in [-0.39, 0.29) is 5.78 Å². The standard InChI is InChI=1S/C21H35NO2/c1-2-3-4-5-6-7-8-9-10-11-12-17-22-20-15-13-19(14-16-20)21(24)18-23/h13-16,22-23H,2-12,17-18H2,1H3. The lowest BCUT2D eigenvalue weighted by Crippen LogP contribution is -2.05. The van der Waals surface area contributed by atoms with Crippen LogP contribution in [0, 0.1) is 0 Å². The highest BCUT2D eigenvalue weighted by molar-refractivity contribution is 5.97. The minimum atomic E-state index is -0.425. The number of carbonyl (C=O) groups is 1. The molecule has 2 N–H and O–H groups in total. The second kappa shape index (κ2) is 14.0. The molecule has 136 valence electrons. The lowest BCUT2D eigenvalue weighted by atomic mass is 10.1. The fraction of sp³-hybridized carbons (Fsp3) is 0.667. The van der Waals surface area contributed by atoms with Crippen molar-refractivity contribution in [3.63, 3.8) is 0 Å². The summed E-state index contributed by atoms with van der Waals surface area (Å²) in [6.45, 7) is 2.82. The maximum Gasteiger partial charge on any atom is 0.188 e. The highest BCUT2D eigenvalue weighted by Gasteiger charge is 2.02. The fourth-order valence-corrected chi connectivity index (χ4v) is 2.89. The number of rotatable bonds is 15. The molecule has 0 fully saturated rings. The van der Waals surface area contributed by atoms with Gasteiger partial charge in [-0.2, -0.15) is 0 Å². The molecule has 0 atom stereocenters. The van der Waals surface area contributed by atoms with Crippen LogP contribution in [0.4, 0.5) is 5.69 Å². The van der Waals surface area contributed by atoms with Crippen molar-refractivity contribution in [2.75, 3.05) is 18.5 Å². The first-order chi connectivity index (χ1) is 11.8. The minimum absolute atomic E-state index is 0.230. The number of Topliss-reactive ketones (excluding diaryl/α,β-unsaturated/α-hetero) is 1. The van der Waals surface area contributed by atoms with E-state index in [2.05, 4.69) is 12.2 Å². The van der Waals surface area contributed by atoms with Crippen LogP contribution >= 0.6 is 0 Å². The molecule has 0 bridgehead atoms. The second-order valence-electron chi connectivity index (χ2n) is 6.62. The predicted octanol–water partition coefficient (Wildman–Crippen LogP) is 5.58. The molecule has 0 unspecified atom stereocenters. The van der Waals surface area contributed by atoms with E-state index in [1.807, 2.05) is 12.1 Å². The van der Waals surface area contributed by atoms with E-state index in [1.165, 1.54) is 70.6 Å². The van der Waals surface area contributed by atoms with Crippen LogP contribution in [0.2, 0.25) is 0 Å². The van der Waals surface area contributed by atoms with Crippen molar-refractivity contribution in [3.05, 3.63) is 29.8 Å². The largest absolute Gasteiger partial charge is 0.388 e. The third kappa shape index (κ3) is 9.71. The molecular formula is C21H35NO2. The van der Waals surface area contributed by atoms with Crippen molar-refractivity contribution in [1.29, 1.82) is 0 Å². The zero-order valence-electron chi connectivity index (χ0n) is 15.4. The highest BCUT2D eigenvalue weighted by Crippen LogP contribution is 2.13. The number of nitrogens with one attached hydrogen (secondary N) is 1. The summed E-state index contributed by atoms with van der Waals surface area (Å²) in [7, 11) is 0. The first-order valence-corrected chi connectivity index (χ1v) is 9.76. The zero-order chi connectivity index (χ0) is 17.5. The van der Waals surface area contributed by atoms with Gasteiger partial charge in [0.15, 0.2) is 5.78 Å². The smallest absolute Gasteiger partial charge is 0.188 e. The van der Waals surface area contributed by atoms with Crippen LogP contribution < -0.4 is 5.32 Å². The van der Waals surface area contributed by atoms with Gasteiger partial charge in [0.2, 0.25) is 0 Å². The lowest BCUT2D eigenvalue weighted by Gasteiger charge is -2.07. The number of hydrogen-bond donors (Lipinski definition) is 2. The average molecular weight is 334 g/mol. The number of aliphatic hydroxyl groups is 1. The molecule has 0 spiro atoms. The van der Waals surface area contributed by atoms with E-state index in [0.717, 1.165) is 12.2 Å². The molecule has 3 nitrogen and oxygen atoms in total. The van der Waals surface area contributed by atoms with Gasteiger partial charge in [-0.25, -0.2) is 0 Å². The zero-order valence-corrected chi connectivity index (χ0v) is 15.4. The van der Waals surface area contributed by atoms with Gasteiger partial charge in [0, 0.05) is 17.8 Å². The third-order valence-corrected chi connectivity index (χ3v) is 4.46. The number of ketones is 1. The van der Waals surface area contributed by atoms with Gasteiger partial charge in [-0.05, 0) is 30.7 Å².